The van der Waals surface area contributed by atoms with Crippen LogP contribution in [-0.4, -0.2) is 20.3 Å². The molecule has 0 aromatic heterocycles. The third-order valence-electron chi connectivity index (χ3n) is 3.67. The number of methoxy groups -OCH3 is 2. The van der Waals surface area contributed by atoms with Crippen LogP contribution >= 0.6 is 15.9 Å². The van der Waals surface area contributed by atoms with Gasteiger partial charge in [-0.25, -0.2) is 4.79 Å². The van der Waals surface area contributed by atoms with E-state index in [1.165, 1.54) is 0 Å². The average molecular weight is 326 g/mol. The highest BCUT2D eigenvalue weighted by Crippen LogP contribution is 2.48. The van der Waals surface area contributed by atoms with E-state index in [1.54, 1.807) is 20.3 Å². The van der Waals surface area contributed by atoms with Crippen molar-refractivity contribution >= 4 is 22.0 Å². The molecule has 0 bridgehead atoms. The lowest BCUT2D eigenvalue weighted by atomic mass is 9.88. The van der Waals surface area contributed by atoms with E-state index in [9.17, 15) is 4.79 Å². The largest absolute Gasteiger partial charge is 0.496 e. The summed E-state index contributed by atoms with van der Waals surface area (Å²) in [5, 5.41) is 0. The number of ether oxygens (including phenoxy) is 2. The molecule has 0 N–H and O–H groups in total. The zero-order chi connectivity index (χ0) is 13.9. The summed E-state index contributed by atoms with van der Waals surface area (Å²) in [6.07, 6.45) is 5.49. The fraction of sp³-hybridized carbons (Fsp3) is 0.500. The Morgan fingerprint density at radius 3 is 2.37 bits per heavy atom. The van der Waals surface area contributed by atoms with Crippen molar-refractivity contribution in [3.63, 3.8) is 0 Å². The number of hydrogen-bond donors (Lipinski definition) is 0. The van der Waals surface area contributed by atoms with Crippen molar-refractivity contribution in [3.05, 3.63) is 22.2 Å². The number of aliphatic imine (C=N–C) groups is 1. The first-order valence-electron chi connectivity index (χ1n) is 6.18. The molecule has 5 heteroatoms. The van der Waals surface area contributed by atoms with Crippen LogP contribution in [0.3, 0.4) is 0 Å². The Morgan fingerprint density at radius 1 is 1.21 bits per heavy atom. The van der Waals surface area contributed by atoms with Crippen LogP contribution in [-0.2, 0) is 10.3 Å². The Labute approximate surface area is 120 Å². The molecule has 0 atom stereocenters. The minimum atomic E-state index is -0.513. The molecule has 1 aliphatic rings. The van der Waals surface area contributed by atoms with Gasteiger partial charge in [0, 0.05) is 5.56 Å². The van der Waals surface area contributed by atoms with Gasteiger partial charge >= 0.3 is 0 Å². The molecule has 1 saturated carbocycles. The first-order valence-corrected chi connectivity index (χ1v) is 6.97. The molecule has 0 spiro atoms. The molecule has 1 aromatic carbocycles. The Hall–Kier alpha value is -1.32. The van der Waals surface area contributed by atoms with Crippen molar-refractivity contribution in [2.75, 3.05) is 14.2 Å². The summed E-state index contributed by atoms with van der Waals surface area (Å²) in [4.78, 5) is 14.9. The van der Waals surface area contributed by atoms with Crippen LogP contribution in [0.1, 0.15) is 31.2 Å². The Bertz CT molecular complexity index is 518. The standard InChI is InChI=1S/C14H16BrNO3/c1-18-12-8-11(15)13(19-2)7-10(12)14(16-9-17)5-3-4-6-14/h7-8H,3-6H2,1-2H3. The lowest BCUT2D eigenvalue weighted by Crippen LogP contribution is -2.20. The van der Waals surface area contributed by atoms with E-state index in [-0.39, 0.29) is 0 Å². The van der Waals surface area contributed by atoms with Crippen molar-refractivity contribution in [2.45, 2.75) is 31.2 Å². The predicted octanol–water partition coefficient (Wildman–Crippen LogP) is 3.57. The summed E-state index contributed by atoms with van der Waals surface area (Å²) in [6, 6.07) is 3.75. The highest BCUT2D eigenvalue weighted by molar-refractivity contribution is 9.10. The Kier molecular flexibility index (Phi) is 4.27. The monoisotopic (exact) mass is 325 g/mol. The van der Waals surface area contributed by atoms with Crippen LogP contribution in [0.4, 0.5) is 0 Å². The molecule has 2 rings (SSSR count). The predicted molar refractivity (Wildman–Crippen MR) is 75.5 cm³/mol. The summed E-state index contributed by atoms with van der Waals surface area (Å²) in [5.41, 5.74) is 0.386. The second-order valence-electron chi connectivity index (χ2n) is 4.63. The molecule has 4 nitrogen and oxygen atoms in total. The highest BCUT2D eigenvalue weighted by Gasteiger charge is 2.38. The SMILES string of the molecule is COc1cc(C2(N=C=O)CCCC2)c(OC)cc1Br. The maximum atomic E-state index is 10.8. The molecule has 102 valence electrons. The molecule has 1 aromatic rings. The zero-order valence-electron chi connectivity index (χ0n) is 11.0. The molecule has 0 amide bonds. The molecule has 1 aliphatic carbocycles. The van der Waals surface area contributed by atoms with Crippen LogP contribution in [0.2, 0.25) is 0 Å². The van der Waals surface area contributed by atoms with Gasteiger partial charge in [-0.15, -0.1) is 0 Å². The van der Waals surface area contributed by atoms with Crippen LogP contribution in [0.25, 0.3) is 0 Å². The van der Waals surface area contributed by atoms with Crippen LogP contribution in [0.5, 0.6) is 11.5 Å². The second-order valence-corrected chi connectivity index (χ2v) is 5.48. The van der Waals surface area contributed by atoms with Crippen molar-refractivity contribution in [1.82, 2.24) is 0 Å². The van der Waals surface area contributed by atoms with Gasteiger partial charge in [-0.1, -0.05) is 12.8 Å². The van der Waals surface area contributed by atoms with Gasteiger partial charge in [-0.05, 0) is 40.9 Å². The van der Waals surface area contributed by atoms with Crippen LogP contribution in [0, 0.1) is 0 Å². The van der Waals surface area contributed by atoms with E-state index in [1.807, 2.05) is 12.1 Å². The lowest BCUT2D eigenvalue weighted by Gasteiger charge is -2.25. The first kappa shape index (κ1) is 14.1. The van der Waals surface area contributed by atoms with Gasteiger partial charge < -0.3 is 9.47 Å². The van der Waals surface area contributed by atoms with Crippen molar-refractivity contribution < 1.29 is 14.3 Å². The van der Waals surface area contributed by atoms with Crippen LogP contribution < -0.4 is 9.47 Å². The topological polar surface area (TPSA) is 47.9 Å². The van der Waals surface area contributed by atoms with E-state index >= 15 is 0 Å². The zero-order valence-corrected chi connectivity index (χ0v) is 12.6. The first-order chi connectivity index (χ1) is 9.16. The minimum Gasteiger partial charge on any atom is -0.496 e. The molecule has 0 aliphatic heterocycles. The van der Waals surface area contributed by atoms with E-state index < -0.39 is 5.54 Å². The number of isocyanates is 1. The summed E-state index contributed by atoms with van der Waals surface area (Å²) >= 11 is 3.43. The molecule has 0 heterocycles. The van der Waals surface area contributed by atoms with Gasteiger partial charge in [0.15, 0.2) is 0 Å². The van der Waals surface area contributed by atoms with Crippen molar-refractivity contribution in [3.8, 4) is 11.5 Å². The summed E-state index contributed by atoms with van der Waals surface area (Å²) < 4.78 is 11.6. The van der Waals surface area contributed by atoms with E-state index in [0.29, 0.717) is 11.5 Å². The maximum Gasteiger partial charge on any atom is 0.235 e. The lowest BCUT2D eigenvalue weighted by molar-refractivity contribution is 0.370. The van der Waals surface area contributed by atoms with Gasteiger partial charge in [0.25, 0.3) is 0 Å². The number of halogens is 1. The quantitative estimate of drug-likeness (QED) is 0.628. The Balaban J connectivity index is 2.61. The van der Waals surface area contributed by atoms with E-state index in [0.717, 1.165) is 35.7 Å². The molecular formula is C14H16BrNO3. The van der Waals surface area contributed by atoms with Crippen LogP contribution in [0.15, 0.2) is 21.6 Å². The third kappa shape index (κ3) is 2.53. The van der Waals surface area contributed by atoms with E-state index in [2.05, 4.69) is 20.9 Å². The van der Waals surface area contributed by atoms with Gasteiger partial charge in [-0.3, -0.25) is 0 Å². The fourth-order valence-electron chi connectivity index (χ4n) is 2.71. The highest BCUT2D eigenvalue weighted by atomic mass is 79.9. The number of hydrogen-bond acceptors (Lipinski definition) is 4. The van der Waals surface area contributed by atoms with E-state index in [4.69, 9.17) is 9.47 Å². The molecule has 0 radical (unpaired) electrons. The number of nitrogens with zero attached hydrogens (tertiary/aromatic N) is 1. The van der Waals surface area contributed by atoms with Crippen molar-refractivity contribution in [2.24, 2.45) is 4.99 Å². The number of rotatable bonds is 4. The van der Waals surface area contributed by atoms with Gasteiger partial charge in [-0.2, -0.15) is 4.99 Å². The summed E-state index contributed by atoms with van der Waals surface area (Å²) in [6.45, 7) is 0. The third-order valence-corrected chi connectivity index (χ3v) is 4.29. The summed E-state index contributed by atoms with van der Waals surface area (Å²) in [5.74, 6) is 1.43. The maximum absolute atomic E-state index is 10.8. The number of benzene rings is 1. The molecule has 1 fully saturated rings. The van der Waals surface area contributed by atoms with Gasteiger partial charge in [0.05, 0.1) is 18.7 Å². The molecular weight excluding hydrogens is 310 g/mol. The fourth-order valence-corrected chi connectivity index (χ4v) is 3.20. The average Bonchev–Trinajstić information content (AvgIpc) is 2.88. The smallest absolute Gasteiger partial charge is 0.235 e. The normalized spacial score (nSPS) is 16.8. The second kappa shape index (κ2) is 5.76. The molecule has 0 saturated heterocycles. The van der Waals surface area contributed by atoms with Crippen molar-refractivity contribution in [1.29, 1.82) is 0 Å². The molecule has 0 unspecified atom stereocenters. The summed E-state index contributed by atoms with van der Waals surface area (Å²) in [7, 11) is 3.23. The number of carbonyl (C=O) groups excluding carboxylic acids is 1. The van der Waals surface area contributed by atoms with Gasteiger partial charge in [0.1, 0.15) is 17.0 Å². The molecule has 19 heavy (non-hydrogen) atoms. The Morgan fingerprint density at radius 2 is 1.84 bits per heavy atom. The van der Waals surface area contributed by atoms with Gasteiger partial charge in [0.2, 0.25) is 6.08 Å². The minimum absolute atomic E-state index is 0.513.